The van der Waals surface area contributed by atoms with E-state index in [4.69, 9.17) is 28.4 Å². The van der Waals surface area contributed by atoms with E-state index < -0.39 is 13.0 Å². The maximum Gasteiger partial charge on any atom is 0.271 e. The van der Waals surface area contributed by atoms with Crippen LogP contribution in [0.5, 0.6) is 0 Å². The van der Waals surface area contributed by atoms with Gasteiger partial charge in [-0.05, 0) is 0 Å². The first kappa shape index (κ1) is 10.3. The average Bonchev–Trinajstić information content (AvgIpc) is 2.86. The summed E-state index contributed by atoms with van der Waals surface area (Å²) in [5, 5.41) is 0. The molecule has 6 nitrogen and oxygen atoms in total. The lowest BCUT2D eigenvalue weighted by atomic mass is 10.8. The molecule has 0 aromatic carbocycles. The summed E-state index contributed by atoms with van der Waals surface area (Å²) in [4.78, 5) is 0. The van der Waals surface area contributed by atoms with Crippen LogP contribution in [0.2, 0.25) is 0 Å². The summed E-state index contributed by atoms with van der Waals surface area (Å²) in [5.74, 6) is 0. The third-order valence-corrected chi connectivity index (χ3v) is 1.77. The van der Waals surface area contributed by atoms with Crippen molar-refractivity contribution in [2.24, 2.45) is 0 Å². The molecule has 0 aromatic heterocycles. The van der Waals surface area contributed by atoms with Crippen molar-refractivity contribution in [1.29, 1.82) is 0 Å². The Bertz CT molecular complexity index is 134. The Balaban J connectivity index is 1.46. The normalized spacial score (nSPS) is 24.9. The quantitative estimate of drug-likeness (QED) is 0.575. The molecule has 6 heteroatoms. The van der Waals surface area contributed by atoms with Gasteiger partial charge in [0.15, 0.2) is 0 Å². The number of ether oxygens (including phenoxy) is 6. The highest BCUT2D eigenvalue weighted by Crippen LogP contribution is 2.06. The molecular weight excluding hydrogens is 192 g/mol. The van der Waals surface area contributed by atoms with Gasteiger partial charge >= 0.3 is 0 Å². The van der Waals surface area contributed by atoms with Crippen molar-refractivity contribution in [2.45, 2.75) is 13.0 Å². The van der Waals surface area contributed by atoms with Crippen molar-refractivity contribution in [3.8, 4) is 0 Å². The largest absolute Gasteiger partial charge is 0.328 e. The van der Waals surface area contributed by atoms with E-state index in [1.807, 2.05) is 0 Å². The Labute approximate surface area is 82.0 Å². The monoisotopic (exact) mass is 206 g/mol. The summed E-state index contributed by atoms with van der Waals surface area (Å²) in [6.07, 6.45) is 0. The Kier molecular flexibility index (Phi) is 4.11. The highest BCUT2D eigenvalue weighted by Gasteiger charge is 2.18. The predicted molar refractivity (Wildman–Crippen MR) is 43.3 cm³/mol. The Morgan fingerprint density at radius 2 is 1.07 bits per heavy atom. The van der Waals surface area contributed by atoms with Gasteiger partial charge in [0.2, 0.25) is 0 Å². The smallest absolute Gasteiger partial charge is 0.271 e. The van der Waals surface area contributed by atoms with Crippen molar-refractivity contribution in [3.05, 3.63) is 0 Å². The highest BCUT2D eigenvalue weighted by atomic mass is 16.9. The molecule has 0 bridgehead atoms. The van der Waals surface area contributed by atoms with Gasteiger partial charge < -0.3 is 28.4 Å². The summed E-state index contributed by atoms with van der Waals surface area (Å²) in [6, 6.07) is 0. The molecule has 2 heterocycles. The molecule has 2 saturated heterocycles. The second kappa shape index (κ2) is 5.59. The predicted octanol–water partition coefficient (Wildman–Crippen LogP) is -0.320. The van der Waals surface area contributed by atoms with Crippen LogP contribution in [0, 0.1) is 0 Å². The van der Waals surface area contributed by atoms with E-state index in [2.05, 4.69) is 0 Å². The van der Waals surface area contributed by atoms with Crippen LogP contribution >= 0.6 is 0 Å². The molecule has 0 aliphatic carbocycles. The summed E-state index contributed by atoms with van der Waals surface area (Å²) in [7, 11) is 0. The molecular formula is C8H14O6. The van der Waals surface area contributed by atoms with E-state index in [9.17, 15) is 0 Å². The molecule has 2 aliphatic rings. The van der Waals surface area contributed by atoms with Gasteiger partial charge in [-0.1, -0.05) is 0 Å². The molecule has 0 unspecified atom stereocenters. The van der Waals surface area contributed by atoms with Gasteiger partial charge in [-0.25, -0.2) is 0 Å². The molecule has 0 saturated carbocycles. The van der Waals surface area contributed by atoms with Gasteiger partial charge in [-0.3, -0.25) is 0 Å². The highest BCUT2D eigenvalue weighted by molar-refractivity contribution is 4.42. The lowest BCUT2D eigenvalue weighted by molar-refractivity contribution is -0.262. The van der Waals surface area contributed by atoms with Gasteiger partial charge in [0.05, 0.1) is 39.6 Å². The van der Waals surface area contributed by atoms with Crippen LogP contribution in [0.3, 0.4) is 0 Å². The fraction of sp³-hybridized carbons (Fsp3) is 1.00. The minimum absolute atomic E-state index is 0.397. The van der Waals surface area contributed by atoms with Gasteiger partial charge in [-0.15, -0.1) is 0 Å². The van der Waals surface area contributed by atoms with Crippen LogP contribution in [0.1, 0.15) is 0 Å². The third kappa shape index (κ3) is 3.16. The average molecular weight is 206 g/mol. The summed E-state index contributed by atoms with van der Waals surface area (Å²) < 4.78 is 30.6. The summed E-state index contributed by atoms with van der Waals surface area (Å²) in [5.41, 5.74) is 0. The molecule has 0 atom stereocenters. The Morgan fingerprint density at radius 1 is 0.714 bits per heavy atom. The number of rotatable bonds is 5. The van der Waals surface area contributed by atoms with Crippen LogP contribution in [-0.2, 0) is 28.4 Å². The van der Waals surface area contributed by atoms with Gasteiger partial charge in [0.25, 0.3) is 13.0 Å². The minimum Gasteiger partial charge on any atom is -0.328 e. The molecule has 0 spiro atoms. The summed E-state index contributed by atoms with van der Waals surface area (Å²) >= 11 is 0. The molecule has 0 N–H and O–H groups in total. The third-order valence-electron chi connectivity index (χ3n) is 1.77. The molecule has 0 amide bonds. The van der Waals surface area contributed by atoms with Gasteiger partial charge in [0.1, 0.15) is 0 Å². The zero-order valence-corrected chi connectivity index (χ0v) is 7.85. The van der Waals surface area contributed by atoms with Crippen LogP contribution in [0.15, 0.2) is 0 Å². The zero-order chi connectivity index (χ0) is 9.64. The maximum atomic E-state index is 5.18. The zero-order valence-electron chi connectivity index (χ0n) is 7.85. The topological polar surface area (TPSA) is 55.4 Å². The van der Waals surface area contributed by atoms with Crippen LogP contribution < -0.4 is 0 Å². The standard InChI is InChI=1S/C8H14O6/c1-2-10-7(9-1)13-5-6-14-8-11-3-4-12-8/h7-8H,1-6H2. The van der Waals surface area contributed by atoms with Crippen LogP contribution in [-0.4, -0.2) is 52.6 Å². The van der Waals surface area contributed by atoms with E-state index in [0.29, 0.717) is 39.6 Å². The first-order valence-corrected chi connectivity index (χ1v) is 4.65. The van der Waals surface area contributed by atoms with Crippen molar-refractivity contribution < 1.29 is 28.4 Å². The fourth-order valence-corrected chi connectivity index (χ4v) is 1.15. The van der Waals surface area contributed by atoms with E-state index in [-0.39, 0.29) is 0 Å². The summed E-state index contributed by atoms with van der Waals surface area (Å²) in [6.45, 7) is 2.05. The van der Waals surface area contributed by atoms with E-state index in [0.717, 1.165) is 0 Å². The van der Waals surface area contributed by atoms with E-state index in [1.54, 1.807) is 0 Å². The maximum absolute atomic E-state index is 5.18. The number of hydrogen-bond donors (Lipinski definition) is 0. The molecule has 2 rings (SSSR count). The molecule has 14 heavy (non-hydrogen) atoms. The molecule has 0 aromatic rings. The Morgan fingerprint density at radius 3 is 1.43 bits per heavy atom. The number of hydrogen-bond acceptors (Lipinski definition) is 6. The van der Waals surface area contributed by atoms with Gasteiger partial charge in [0, 0.05) is 0 Å². The lowest BCUT2D eigenvalue weighted by Crippen LogP contribution is -2.20. The first-order valence-electron chi connectivity index (χ1n) is 4.65. The van der Waals surface area contributed by atoms with E-state index >= 15 is 0 Å². The van der Waals surface area contributed by atoms with Crippen molar-refractivity contribution in [3.63, 3.8) is 0 Å². The molecule has 0 radical (unpaired) electrons. The van der Waals surface area contributed by atoms with Crippen LogP contribution in [0.25, 0.3) is 0 Å². The molecule has 2 fully saturated rings. The van der Waals surface area contributed by atoms with Crippen LogP contribution in [0.4, 0.5) is 0 Å². The SMILES string of the molecule is C1COC(OCCOC2OCCO2)O1. The molecule has 82 valence electrons. The van der Waals surface area contributed by atoms with Crippen molar-refractivity contribution in [2.75, 3.05) is 39.6 Å². The van der Waals surface area contributed by atoms with E-state index in [1.165, 1.54) is 0 Å². The van der Waals surface area contributed by atoms with Crippen molar-refractivity contribution >= 4 is 0 Å². The van der Waals surface area contributed by atoms with Crippen molar-refractivity contribution in [1.82, 2.24) is 0 Å². The Hall–Kier alpha value is -0.240. The molecule has 2 aliphatic heterocycles. The first-order chi connectivity index (χ1) is 6.95. The second-order valence-corrected chi connectivity index (χ2v) is 2.80. The minimum atomic E-state index is -0.538. The second-order valence-electron chi connectivity index (χ2n) is 2.80. The van der Waals surface area contributed by atoms with Gasteiger partial charge in [-0.2, -0.15) is 0 Å². The fourth-order valence-electron chi connectivity index (χ4n) is 1.15. The lowest BCUT2D eigenvalue weighted by Gasteiger charge is -2.12.